The maximum absolute atomic E-state index is 12.8. The summed E-state index contributed by atoms with van der Waals surface area (Å²) in [4.78, 5) is 19.0. The van der Waals surface area contributed by atoms with Gasteiger partial charge in [0.05, 0.1) is 16.3 Å². The maximum atomic E-state index is 12.8. The molecule has 1 fully saturated rings. The van der Waals surface area contributed by atoms with E-state index in [1.165, 1.54) is 72.6 Å². The highest BCUT2D eigenvalue weighted by Crippen LogP contribution is 2.32. The number of thiazole rings is 1. The highest BCUT2D eigenvalue weighted by atomic mass is 32.1. The van der Waals surface area contributed by atoms with Crippen LogP contribution in [0.1, 0.15) is 88.3 Å². The highest BCUT2D eigenvalue weighted by Gasteiger charge is 2.22. The standard InChI is InChI=1S/C22H31N3OS/c1-15-14-18(16(2)25(15)17-8-4-3-5-9-17)22(26)23-13-12-21-24-19-10-6-7-11-20(19)27-21/h14,17H,3-13H2,1-2H3,(H,23,26). The van der Waals surface area contributed by atoms with E-state index in [0.717, 1.165) is 24.1 Å². The molecule has 4 nitrogen and oxygen atoms in total. The number of nitrogens with one attached hydrogen (secondary N) is 1. The van der Waals surface area contributed by atoms with Crippen LogP contribution in [0.2, 0.25) is 0 Å². The third-order valence-electron chi connectivity index (χ3n) is 6.18. The van der Waals surface area contributed by atoms with Gasteiger partial charge in [-0.05, 0) is 58.4 Å². The van der Waals surface area contributed by atoms with Crippen molar-refractivity contribution in [2.45, 2.75) is 84.1 Å². The molecular weight excluding hydrogens is 354 g/mol. The van der Waals surface area contributed by atoms with Crippen molar-refractivity contribution < 1.29 is 4.79 Å². The zero-order valence-corrected chi connectivity index (χ0v) is 17.5. The molecule has 146 valence electrons. The Morgan fingerprint density at radius 3 is 2.74 bits per heavy atom. The van der Waals surface area contributed by atoms with E-state index in [0.29, 0.717) is 12.6 Å². The van der Waals surface area contributed by atoms with Gasteiger partial charge in [-0.2, -0.15) is 0 Å². The second kappa shape index (κ2) is 8.17. The molecule has 0 aromatic carbocycles. The maximum Gasteiger partial charge on any atom is 0.253 e. The summed E-state index contributed by atoms with van der Waals surface area (Å²) in [6.45, 7) is 4.90. The van der Waals surface area contributed by atoms with Crippen molar-refractivity contribution in [3.63, 3.8) is 0 Å². The number of fused-ring (bicyclic) bond motifs is 1. The third kappa shape index (κ3) is 3.98. The Kier molecular flexibility index (Phi) is 5.67. The van der Waals surface area contributed by atoms with Gasteiger partial charge in [-0.1, -0.05) is 19.3 Å². The molecule has 5 heteroatoms. The number of hydrogen-bond acceptors (Lipinski definition) is 3. The van der Waals surface area contributed by atoms with Gasteiger partial charge in [0, 0.05) is 35.3 Å². The number of aryl methyl sites for hydroxylation is 3. The lowest BCUT2D eigenvalue weighted by Gasteiger charge is -2.26. The predicted molar refractivity (Wildman–Crippen MR) is 111 cm³/mol. The van der Waals surface area contributed by atoms with Gasteiger partial charge in [-0.25, -0.2) is 4.98 Å². The fourth-order valence-electron chi connectivity index (χ4n) is 4.80. The van der Waals surface area contributed by atoms with Gasteiger partial charge in [-0.15, -0.1) is 11.3 Å². The van der Waals surface area contributed by atoms with E-state index in [2.05, 4.69) is 29.8 Å². The first kappa shape index (κ1) is 18.7. The summed E-state index contributed by atoms with van der Waals surface area (Å²) in [5.74, 6) is 0.0616. The summed E-state index contributed by atoms with van der Waals surface area (Å²) in [6, 6.07) is 2.64. The summed E-state index contributed by atoms with van der Waals surface area (Å²) < 4.78 is 2.41. The van der Waals surface area contributed by atoms with Crippen LogP contribution in [0.4, 0.5) is 0 Å². The minimum Gasteiger partial charge on any atom is -0.352 e. The number of amides is 1. The molecule has 2 aliphatic carbocycles. The van der Waals surface area contributed by atoms with Crippen molar-refractivity contribution >= 4 is 17.2 Å². The molecule has 1 N–H and O–H groups in total. The van der Waals surface area contributed by atoms with Gasteiger partial charge >= 0.3 is 0 Å². The second-order valence-electron chi connectivity index (χ2n) is 8.14. The summed E-state index contributed by atoms with van der Waals surface area (Å²) in [5, 5.41) is 4.30. The summed E-state index contributed by atoms with van der Waals surface area (Å²) in [7, 11) is 0. The van der Waals surface area contributed by atoms with Gasteiger partial charge < -0.3 is 9.88 Å². The summed E-state index contributed by atoms with van der Waals surface area (Å²) in [5.41, 5.74) is 4.50. The Morgan fingerprint density at radius 2 is 1.96 bits per heavy atom. The molecule has 2 aliphatic rings. The molecule has 1 amide bonds. The van der Waals surface area contributed by atoms with Crippen LogP contribution in [0.15, 0.2) is 6.07 Å². The number of carbonyl (C=O) groups excluding carboxylic acids is 1. The van der Waals surface area contributed by atoms with E-state index in [1.807, 2.05) is 11.3 Å². The molecule has 2 aromatic rings. The van der Waals surface area contributed by atoms with Gasteiger partial charge in [0.1, 0.15) is 0 Å². The van der Waals surface area contributed by atoms with E-state index >= 15 is 0 Å². The van der Waals surface area contributed by atoms with Crippen LogP contribution >= 0.6 is 11.3 Å². The Bertz CT molecular complexity index is 790. The van der Waals surface area contributed by atoms with Crippen LogP contribution in [-0.4, -0.2) is 22.0 Å². The van der Waals surface area contributed by atoms with Crippen LogP contribution in [0, 0.1) is 13.8 Å². The molecule has 1 saturated carbocycles. The molecule has 2 aromatic heterocycles. The highest BCUT2D eigenvalue weighted by molar-refractivity contribution is 7.11. The van der Waals surface area contributed by atoms with Gasteiger partial charge in [-0.3, -0.25) is 4.79 Å². The summed E-state index contributed by atoms with van der Waals surface area (Å²) in [6.07, 6.45) is 12.2. The zero-order valence-electron chi connectivity index (χ0n) is 16.6. The van der Waals surface area contributed by atoms with Crippen molar-refractivity contribution in [3.8, 4) is 0 Å². The fourth-order valence-corrected chi connectivity index (χ4v) is 5.95. The first-order valence-electron chi connectivity index (χ1n) is 10.6. The third-order valence-corrected chi connectivity index (χ3v) is 7.40. The first-order chi connectivity index (χ1) is 13.1. The van der Waals surface area contributed by atoms with E-state index in [-0.39, 0.29) is 5.91 Å². The van der Waals surface area contributed by atoms with Crippen LogP contribution in [0.3, 0.4) is 0 Å². The van der Waals surface area contributed by atoms with Gasteiger partial charge in [0.2, 0.25) is 0 Å². The van der Waals surface area contributed by atoms with Crippen LogP contribution in [0.5, 0.6) is 0 Å². The van der Waals surface area contributed by atoms with Crippen molar-refractivity contribution in [2.75, 3.05) is 6.54 Å². The normalized spacial score (nSPS) is 17.7. The average molecular weight is 386 g/mol. The quantitative estimate of drug-likeness (QED) is 0.794. The number of nitrogens with zero attached hydrogens (tertiary/aromatic N) is 2. The Balaban J connectivity index is 1.37. The zero-order chi connectivity index (χ0) is 18.8. The minimum absolute atomic E-state index is 0.0616. The molecule has 0 bridgehead atoms. The molecule has 0 aliphatic heterocycles. The molecule has 0 saturated heterocycles. The molecule has 0 spiro atoms. The number of hydrogen-bond donors (Lipinski definition) is 1. The topological polar surface area (TPSA) is 46.9 Å². The van der Waals surface area contributed by atoms with E-state index < -0.39 is 0 Å². The Hall–Kier alpha value is -1.62. The molecule has 4 rings (SSSR count). The SMILES string of the molecule is Cc1cc(C(=O)NCCc2nc3c(s2)CCCC3)c(C)n1C1CCCCC1. The van der Waals surface area contributed by atoms with Crippen molar-refractivity contribution in [2.24, 2.45) is 0 Å². The molecule has 0 radical (unpaired) electrons. The second-order valence-corrected chi connectivity index (χ2v) is 9.31. The van der Waals surface area contributed by atoms with Gasteiger partial charge in [0.15, 0.2) is 0 Å². The number of carbonyl (C=O) groups is 1. The largest absolute Gasteiger partial charge is 0.352 e. The van der Waals surface area contributed by atoms with E-state index in [4.69, 9.17) is 4.98 Å². The molecule has 0 unspecified atom stereocenters. The molecule has 27 heavy (non-hydrogen) atoms. The number of aromatic nitrogens is 2. The monoisotopic (exact) mass is 385 g/mol. The lowest BCUT2D eigenvalue weighted by atomic mass is 9.95. The smallest absolute Gasteiger partial charge is 0.253 e. The minimum atomic E-state index is 0.0616. The average Bonchev–Trinajstić information content (AvgIpc) is 3.22. The van der Waals surface area contributed by atoms with Crippen molar-refractivity contribution in [3.05, 3.63) is 38.6 Å². The van der Waals surface area contributed by atoms with Crippen LogP contribution in [-0.2, 0) is 19.3 Å². The van der Waals surface area contributed by atoms with E-state index in [1.54, 1.807) is 0 Å². The van der Waals surface area contributed by atoms with E-state index in [9.17, 15) is 4.79 Å². The first-order valence-corrected chi connectivity index (χ1v) is 11.4. The molecular formula is C22H31N3OS. The van der Waals surface area contributed by atoms with Crippen molar-refractivity contribution in [1.82, 2.24) is 14.9 Å². The van der Waals surface area contributed by atoms with Crippen LogP contribution in [0.25, 0.3) is 0 Å². The molecule has 0 atom stereocenters. The predicted octanol–water partition coefficient (Wildman–Crippen LogP) is 4.92. The van der Waals surface area contributed by atoms with Crippen LogP contribution < -0.4 is 5.32 Å². The molecule has 2 heterocycles. The van der Waals surface area contributed by atoms with Crippen molar-refractivity contribution in [1.29, 1.82) is 0 Å². The Morgan fingerprint density at radius 1 is 1.19 bits per heavy atom. The lowest BCUT2D eigenvalue weighted by molar-refractivity contribution is 0.0953. The Labute approximate surface area is 166 Å². The number of rotatable bonds is 5. The lowest BCUT2D eigenvalue weighted by Crippen LogP contribution is -2.26. The fraction of sp³-hybridized carbons (Fsp3) is 0.636. The summed E-state index contributed by atoms with van der Waals surface area (Å²) >= 11 is 1.84. The van der Waals surface area contributed by atoms with Gasteiger partial charge in [0.25, 0.3) is 5.91 Å².